The molecular formula is C5H10N2S. The van der Waals surface area contributed by atoms with Crippen molar-refractivity contribution in [2.24, 2.45) is 17.4 Å². The Morgan fingerprint density at radius 1 is 1.62 bits per heavy atom. The van der Waals surface area contributed by atoms with Crippen molar-refractivity contribution in [3.05, 3.63) is 0 Å². The van der Waals surface area contributed by atoms with Crippen LogP contribution >= 0.6 is 12.2 Å². The molecule has 0 amide bonds. The van der Waals surface area contributed by atoms with Crippen molar-refractivity contribution < 1.29 is 0 Å². The lowest BCUT2D eigenvalue weighted by atomic mass is 10.2. The summed E-state index contributed by atoms with van der Waals surface area (Å²) in [6, 6.07) is -0.00926. The summed E-state index contributed by atoms with van der Waals surface area (Å²) in [7, 11) is 0. The number of hydrogen-bond donors (Lipinski definition) is 2. The maximum atomic E-state index is 5.56. The molecule has 3 heteroatoms. The van der Waals surface area contributed by atoms with Crippen molar-refractivity contribution >= 4 is 17.2 Å². The minimum Gasteiger partial charge on any atom is -0.392 e. The van der Waals surface area contributed by atoms with Crippen LogP contribution in [0.5, 0.6) is 0 Å². The summed E-state index contributed by atoms with van der Waals surface area (Å²) in [6.07, 6.45) is 2.41. The van der Waals surface area contributed by atoms with E-state index in [-0.39, 0.29) is 6.04 Å². The standard InChI is InChI=1S/C5H10N2S/c6-4(5(7)8)3-1-2-3/h3-4H,1-2,6H2,(H2,7,8). The molecular weight excluding hydrogens is 120 g/mol. The topological polar surface area (TPSA) is 52.0 Å². The molecule has 0 aromatic carbocycles. The second-order valence-corrected chi connectivity index (χ2v) is 2.74. The van der Waals surface area contributed by atoms with Crippen LogP contribution in [0.25, 0.3) is 0 Å². The quantitative estimate of drug-likeness (QED) is 0.518. The molecule has 0 aliphatic heterocycles. The highest BCUT2D eigenvalue weighted by Crippen LogP contribution is 2.31. The average Bonchev–Trinajstić information content (AvgIpc) is 2.43. The Bertz CT molecular complexity index is 109. The van der Waals surface area contributed by atoms with Gasteiger partial charge in [-0.25, -0.2) is 0 Å². The molecule has 4 N–H and O–H groups in total. The van der Waals surface area contributed by atoms with Crippen molar-refractivity contribution in [1.29, 1.82) is 0 Å². The smallest absolute Gasteiger partial charge is 0.0900 e. The van der Waals surface area contributed by atoms with Gasteiger partial charge in [-0.15, -0.1) is 0 Å². The summed E-state index contributed by atoms with van der Waals surface area (Å²) in [5.74, 6) is 0.604. The van der Waals surface area contributed by atoms with E-state index >= 15 is 0 Å². The maximum Gasteiger partial charge on any atom is 0.0900 e. The first-order valence-corrected chi connectivity index (χ1v) is 3.17. The molecule has 0 spiro atoms. The lowest BCUT2D eigenvalue weighted by Crippen LogP contribution is -2.36. The molecule has 1 saturated carbocycles. The predicted molar refractivity (Wildman–Crippen MR) is 37.5 cm³/mol. The van der Waals surface area contributed by atoms with Crippen LogP contribution in [0.3, 0.4) is 0 Å². The van der Waals surface area contributed by atoms with E-state index in [2.05, 4.69) is 12.2 Å². The van der Waals surface area contributed by atoms with Crippen molar-refractivity contribution in [3.8, 4) is 0 Å². The highest BCUT2D eigenvalue weighted by atomic mass is 32.1. The van der Waals surface area contributed by atoms with Crippen LogP contribution in [0.1, 0.15) is 12.8 Å². The highest BCUT2D eigenvalue weighted by molar-refractivity contribution is 7.80. The first kappa shape index (κ1) is 5.98. The van der Waals surface area contributed by atoms with E-state index < -0.39 is 0 Å². The third kappa shape index (κ3) is 1.17. The Morgan fingerprint density at radius 3 is 2.25 bits per heavy atom. The lowest BCUT2D eigenvalue weighted by Gasteiger charge is -2.04. The summed E-state index contributed by atoms with van der Waals surface area (Å²) in [5.41, 5.74) is 10.8. The molecule has 1 atom stereocenters. The van der Waals surface area contributed by atoms with Crippen LogP contribution < -0.4 is 11.5 Å². The van der Waals surface area contributed by atoms with Crippen LogP contribution in [0.4, 0.5) is 0 Å². The molecule has 0 heterocycles. The monoisotopic (exact) mass is 130 g/mol. The summed E-state index contributed by atoms with van der Waals surface area (Å²) in [4.78, 5) is 0.465. The van der Waals surface area contributed by atoms with Crippen molar-refractivity contribution in [1.82, 2.24) is 0 Å². The van der Waals surface area contributed by atoms with E-state index in [9.17, 15) is 0 Å². The molecule has 1 fully saturated rings. The number of rotatable bonds is 2. The van der Waals surface area contributed by atoms with Gasteiger partial charge in [0.1, 0.15) is 0 Å². The second kappa shape index (κ2) is 1.99. The minimum atomic E-state index is -0.00926. The normalized spacial score (nSPS) is 22.6. The minimum absolute atomic E-state index is 0.00926. The molecule has 46 valence electrons. The van der Waals surface area contributed by atoms with E-state index in [4.69, 9.17) is 11.5 Å². The van der Waals surface area contributed by atoms with Gasteiger partial charge in [0.05, 0.1) is 11.0 Å². The van der Waals surface area contributed by atoms with Crippen LogP contribution in [-0.4, -0.2) is 11.0 Å². The van der Waals surface area contributed by atoms with E-state index in [1.807, 2.05) is 0 Å². The van der Waals surface area contributed by atoms with Crippen molar-refractivity contribution in [2.75, 3.05) is 0 Å². The first-order chi connectivity index (χ1) is 3.72. The van der Waals surface area contributed by atoms with Gasteiger partial charge in [0.15, 0.2) is 0 Å². The maximum absolute atomic E-state index is 5.56. The third-order valence-electron chi connectivity index (χ3n) is 1.46. The molecule has 1 aliphatic rings. The Balaban J connectivity index is 2.32. The van der Waals surface area contributed by atoms with E-state index in [1.54, 1.807) is 0 Å². The molecule has 0 radical (unpaired) electrons. The van der Waals surface area contributed by atoms with Gasteiger partial charge in [-0.1, -0.05) is 12.2 Å². The molecule has 1 rings (SSSR count). The van der Waals surface area contributed by atoms with E-state index in [1.165, 1.54) is 12.8 Å². The zero-order valence-corrected chi connectivity index (χ0v) is 5.45. The molecule has 1 aliphatic carbocycles. The fourth-order valence-corrected chi connectivity index (χ4v) is 0.880. The molecule has 0 aromatic heterocycles. The Kier molecular flexibility index (Phi) is 1.49. The summed E-state index contributed by atoms with van der Waals surface area (Å²) in [5, 5.41) is 0. The number of hydrogen-bond acceptors (Lipinski definition) is 2. The molecule has 2 nitrogen and oxygen atoms in total. The van der Waals surface area contributed by atoms with Gasteiger partial charge in [0, 0.05) is 0 Å². The largest absolute Gasteiger partial charge is 0.392 e. The lowest BCUT2D eigenvalue weighted by molar-refractivity contribution is 0.748. The van der Waals surface area contributed by atoms with E-state index in [0.29, 0.717) is 10.9 Å². The Labute approximate surface area is 54.2 Å². The van der Waals surface area contributed by atoms with Gasteiger partial charge in [-0.2, -0.15) is 0 Å². The summed E-state index contributed by atoms with van der Waals surface area (Å²) < 4.78 is 0. The Hall–Kier alpha value is -0.150. The van der Waals surface area contributed by atoms with Gasteiger partial charge >= 0.3 is 0 Å². The molecule has 8 heavy (non-hydrogen) atoms. The number of thiocarbonyl (C=S) groups is 1. The zero-order chi connectivity index (χ0) is 6.15. The van der Waals surface area contributed by atoms with Crippen LogP contribution in [0, 0.1) is 5.92 Å². The molecule has 1 unspecified atom stereocenters. The average molecular weight is 130 g/mol. The summed E-state index contributed by atoms with van der Waals surface area (Å²) in [6.45, 7) is 0. The second-order valence-electron chi connectivity index (χ2n) is 2.27. The van der Waals surface area contributed by atoms with E-state index in [0.717, 1.165) is 0 Å². The van der Waals surface area contributed by atoms with Crippen molar-refractivity contribution in [3.63, 3.8) is 0 Å². The molecule has 0 aromatic rings. The fraction of sp³-hybridized carbons (Fsp3) is 0.800. The Morgan fingerprint density at radius 2 is 2.12 bits per heavy atom. The van der Waals surface area contributed by atoms with Crippen molar-refractivity contribution in [2.45, 2.75) is 18.9 Å². The predicted octanol–water partition coefficient (Wildman–Crippen LogP) is 0.00980. The molecule has 0 bridgehead atoms. The van der Waals surface area contributed by atoms with Crippen LogP contribution in [-0.2, 0) is 0 Å². The van der Waals surface area contributed by atoms with Crippen LogP contribution in [0.2, 0.25) is 0 Å². The van der Waals surface area contributed by atoms with Gasteiger partial charge < -0.3 is 11.5 Å². The first-order valence-electron chi connectivity index (χ1n) is 2.76. The zero-order valence-electron chi connectivity index (χ0n) is 4.63. The van der Waals surface area contributed by atoms with Gasteiger partial charge in [0.2, 0.25) is 0 Å². The third-order valence-corrected chi connectivity index (χ3v) is 1.73. The number of nitrogens with two attached hydrogens (primary N) is 2. The SMILES string of the molecule is NC(=S)C(N)C1CC1. The fourth-order valence-electron chi connectivity index (χ4n) is 0.688. The molecule has 0 saturated heterocycles. The highest BCUT2D eigenvalue weighted by Gasteiger charge is 2.29. The van der Waals surface area contributed by atoms with Gasteiger partial charge in [-0.05, 0) is 18.8 Å². The van der Waals surface area contributed by atoms with Crippen LogP contribution in [0.15, 0.2) is 0 Å². The van der Waals surface area contributed by atoms with Gasteiger partial charge in [-0.3, -0.25) is 0 Å². The summed E-state index contributed by atoms with van der Waals surface area (Å²) >= 11 is 4.69. The van der Waals surface area contributed by atoms with Gasteiger partial charge in [0.25, 0.3) is 0 Å².